The van der Waals surface area contributed by atoms with E-state index in [1.54, 1.807) is 12.1 Å². The molecular formula is C33H51N5O8. The lowest BCUT2D eigenvalue weighted by molar-refractivity contribution is -0.127. The highest BCUT2D eigenvalue weighted by molar-refractivity contribution is 5.89. The van der Waals surface area contributed by atoms with E-state index in [4.69, 9.17) is 11.5 Å². The van der Waals surface area contributed by atoms with E-state index in [1.165, 1.54) is 0 Å². The number of benzene rings is 2. The molecule has 2 aromatic carbocycles. The first-order valence-corrected chi connectivity index (χ1v) is 15.7. The highest BCUT2D eigenvalue weighted by Crippen LogP contribution is 2.37. The van der Waals surface area contributed by atoms with Gasteiger partial charge in [0.1, 0.15) is 22.3 Å². The zero-order chi connectivity index (χ0) is 34.1. The Morgan fingerprint density at radius 1 is 0.674 bits per heavy atom. The summed E-state index contributed by atoms with van der Waals surface area (Å²) in [4.78, 5) is 29.0. The van der Waals surface area contributed by atoms with Gasteiger partial charge >= 0.3 is 0 Å². The molecular weight excluding hydrogens is 594 g/mol. The summed E-state index contributed by atoms with van der Waals surface area (Å²) in [5, 5.41) is 66.0. The number of nitrogens with one attached hydrogen (secondary N) is 1. The number of nitrogens with two attached hydrogens (primary N) is 2. The number of aliphatic hydroxyl groups is 4. The molecule has 1 aliphatic rings. The Balaban J connectivity index is 1.85. The van der Waals surface area contributed by atoms with Gasteiger partial charge in [0.05, 0.1) is 26.4 Å². The quantitative estimate of drug-likeness (QED) is 0.139. The number of hydrogen-bond donors (Lipinski definition) is 9. The second-order valence-corrected chi connectivity index (χ2v) is 12.5. The third-order valence-corrected chi connectivity index (χ3v) is 9.11. The molecule has 2 aromatic rings. The van der Waals surface area contributed by atoms with Crippen LogP contribution in [0.4, 0.5) is 0 Å². The van der Waals surface area contributed by atoms with E-state index < -0.39 is 49.1 Å². The fourth-order valence-electron chi connectivity index (χ4n) is 6.22. The molecule has 11 N–H and O–H groups in total. The van der Waals surface area contributed by atoms with Crippen LogP contribution in [-0.2, 0) is 33.5 Å². The Morgan fingerprint density at radius 2 is 1.02 bits per heavy atom. The number of aromatic hydroxyl groups is 2. The Labute approximate surface area is 270 Å². The summed E-state index contributed by atoms with van der Waals surface area (Å²) in [6.07, 6.45) is 2.50. The number of amides is 2. The Kier molecular flexibility index (Phi) is 13.3. The molecule has 256 valence electrons. The van der Waals surface area contributed by atoms with Crippen molar-refractivity contribution in [3.63, 3.8) is 0 Å². The summed E-state index contributed by atoms with van der Waals surface area (Å²) in [6, 6.07) is 6.77. The molecule has 0 unspecified atom stereocenters. The van der Waals surface area contributed by atoms with Crippen LogP contribution in [-0.4, -0.2) is 118 Å². The van der Waals surface area contributed by atoms with Gasteiger partial charge < -0.3 is 47.4 Å². The molecule has 0 spiro atoms. The van der Waals surface area contributed by atoms with Crippen LogP contribution < -0.4 is 16.8 Å². The molecule has 1 aliphatic heterocycles. The summed E-state index contributed by atoms with van der Waals surface area (Å²) >= 11 is 0. The molecule has 13 heteroatoms. The van der Waals surface area contributed by atoms with Crippen LogP contribution in [0.1, 0.15) is 52.6 Å². The van der Waals surface area contributed by atoms with Crippen LogP contribution in [0.15, 0.2) is 24.3 Å². The van der Waals surface area contributed by atoms with E-state index >= 15 is 0 Å². The van der Waals surface area contributed by atoms with Gasteiger partial charge in [-0.25, -0.2) is 0 Å². The summed E-state index contributed by atoms with van der Waals surface area (Å²) in [5.74, 6) is -2.22. The second kappa shape index (κ2) is 16.5. The Morgan fingerprint density at radius 3 is 1.35 bits per heavy atom. The average Bonchev–Trinajstić information content (AvgIpc) is 3.01. The summed E-state index contributed by atoms with van der Waals surface area (Å²) in [6.45, 7) is 5.76. The third-order valence-electron chi connectivity index (χ3n) is 9.11. The average molecular weight is 646 g/mol. The number of phenols is 2. The number of primary amides is 2. The van der Waals surface area contributed by atoms with Gasteiger partial charge in [-0.1, -0.05) is 35.4 Å². The number of carbonyl (C=O) groups is 2. The van der Waals surface area contributed by atoms with Crippen LogP contribution in [0.5, 0.6) is 11.5 Å². The van der Waals surface area contributed by atoms with E-state index in [2.05, 4.69) is 15.1 Å². The molecule has 0 radical (unpaired) electrons. The second-order valence-electron chi connectivity index (χ2n) is 12.5. The van der Waals surface area contributed by atoms with E-state index in [9.17, 15) is 40.2 Å². The summed E-state index contributed by atoms with van der Waals surface area (Å²) in [7, 11) is 0. The lowest BCUT2D eigenvalue weighted by atomic mass is 9.79. The molecule has 0 aromatic heterocycles. The van der Waals surface area contributed by atoms with Gasteiger partial charge in [0.2, 0.25) is 11.8 Å². The monoisotopic (exact) mass is 645 g/mol. The molecule has 46 heavy (non-hydrogen) atoms. The van der Waals surface area contributed by atoms with Crippen molar-refractivity contribution in [1.82, 2.24) is 15.1 Å². The highest BCUT2D eigenvalue weighted by atomic mass is 16.3. The molecule has 1 saturated heterocycles. The van der Waals surface area contributed by atoms with E-state index in [1.807, 2.05) is 26.0 Å². The summed E-state index contributed by atoms with van der Waals surface area (Å²) < 4.78 is 0. The van der Waals surface area contributed by atoms with Gasteiger partial charge in [-0.05, 0) is 72.4 Å². The third kappa shape index (κ3) is 8.15. The molecule has 13 nitrogen and oxygen atoms in total. The topological polar surface area (TPSA) is 226 Å². The fourth-order valence-corrected chi connectivity index (χ4v) is 6.22. The minimum absolute atomic E-state index is 0.0993. The molecule has 0 saturated carbocycles. The zero-order valence-corrected chi connectivity index (χ0v) is 27.0. The van der Waals surface area contributed by atoms with Crippen molar-refractivity contribution in [3.05, 3.63) is 57.6 Å². The van der Waals surface area contributed by atoms with Crippen LogP contribution in [0.25, 0.3) is 0 Å². The SMILES string of the molecule is Cc1cc(CN2CCCNCCCN(Cc3cc(C)cc(C(CO)(CO)C(N)=O)c3O)CCC2)c(O)c(C(CO)(CO)C(N)=O)c1. The van der Waals surface area contributed by atoms with Crippen molar-refractivity contribution >= 4 is 11.8 Å². The molecule has 1 heterocycles. The van der Waals surface area contributed by atoms with Crippen molar-refractivity contribution in [3.8, 4) is 11.5 Å². The zero-order valence-electron chi connectivity index (χ0n) is 27.0. The Bertz CT molecular complexity index is 1250. The number of aryl methyl sites for hydroxylation is 2. The maximum absolute atomic E-state index is 12.3. The van der Waals surface area contributed by atoms with Gasteiger partial charge in [0.25, 0.3) is 0 Å². The van der Waals surface area contributed by atoms with Gasteiger partial charge in [0, 0.05) is 35.3 Å². The maximum Gasteiger partial charge on any atom is 0.232 e. The van der Waals surface area contributed by atoms with Gasteiger partial charge in [-0.2, -0.15) is 0 Å². The van der Waals surface area contributed by atoms with Crippen LogP contribution >= 0.6 is 0 Å². The molecule has 2 amide bonds. The largest absolute Gasteiger partial charge is 0.507 e. The summed E-state index contributed by atoms with van der Waals surface area (Å²) in [5.41, 5.74) is 10.3. The minimum atomic E-state index is -1.82. The van der Waals surface area contributed by atoms with Crippen molar-refractivity contribution in [2.45, 2.75) is 57.0 Å². The number of rotatable bonds is 12. The number of phenolic OH excluding ortho intramolecular Hbond substituents is 2. The normalized spacial score (nSPS) is 16.5. The molecule has 0 atom stereocenters. The van der Waals surface area contributed by atoms with Crippen molar-refractivity contribution in [2.75, 3.05) is 65.7 Å². The number of nitrogens with zero attached hydrogens (tertiary/aromatic N) is 2. The smallest absolute Gasteiger partial charge is 0.232 e. The first-order valence-electron chi connectivity index (χ1n) is 15.7. The molecule has 0 bridgehead atoms. The number of carbonyl (C=O) groups excluding carboxylic acids is 2. The van der Waals surface area contributed by atoms with Crippen molar-refractivity contribution in [2.24, 2.45) is 11.5 Å². The highest BCUT2D eigenvalue weighted by Gasteiger charge is 2.42. The standard InChI is InChI=1S/C33H51N5O8/c1-22-12-24(28(43)26(14-22)32(18-39,19-40)30(34)45)16-37-8-3-6-36-7-4-9-38(11-5-10-37)17-25-13-23(2)15-27(29(25)44)33(20-41,21-42)31(35)46/h12-15,36,39-44H,3-11,16-21H2,1-2H3,(H2,34,45)(H2,35,46). The molecule has 0 aliphatic carbocycles. The Hall–Kier alpha value is -3.30. The molecule has 3 rings (SSSR count). The van der Waals surface area contributed by atoms with Gasteiger partial charge in [-0.3, -0.25) is 19.4 Å². The van der Waals surface area contributed by atoms with Crippen molar-refractivity contribution < 1.29 is 40.2 Å². The van der Waals surface area contributed by atoms with Crippen LogP contribution in [0.3, 0.4) is 0 Å². The van der Waals surface area contributed by atoms with Crippen molar-refractivity contribution in [1.29, 1.82) is 0 Å². The maximum atomic E-state index is 12.3. The van der Waals surface area contributed by atoms with E-state index in [-0.39, 0.29) is 22.6 Å². The fraction of sp³-hybridized carbons (Fsp3) is 0.576. The lowest BCUT2D eigenvalue weighted by Gasteiger charge is -2.31. The van der Waals surface area contributed by atoms with E-state index in [0.717, 1.165) is 56.6 Å². The van der Waals surface area contributed by atoms with E-state index in [0.29, 0.717) is 37.3 Å². The molecule has 1 fully saturated rings. The minimum Gasteiger partial charge on any atom is -0.507 e. The number of hydrogen-bond acceptors (Lipinski definition) is 11. The predicted octanol–water partition coefficient (Wildman–Crippen LogP) is -0.792. The number of aliphatic hydroxyl groups excluding tert-OH is 4. The van der Waals surface area contributed by atoms with Gasteiger partial charge in [-0.15, -0.1) is 0 Å². The first-order chi connectivity index (χ1) is 21.9. The van der Waals surface area contributed by atoms with Crippen LogP contribution in [0.2, 0.25) is 0 Å². The lowest BCUT2D eigenvalue weighted by Crippen LogP contribution is -2.47. The first kappa shape index (κ1) is 37.2. The predicted molar refractivity (Wildman–Crippen MR) is 173 cm³/mol. The van der Waals surface area contributed by atoms with Crippen LogP contribution in [0, 0.1) is 13.8 Å². The van der Waals surface area contributed by atoms with Gasteiger partial charge in [0.15, 0.2) is 0 Å².